The Labute approximate surface area is 125 Å². The van der Waals surface area contributed by atoms with Crippen molar-refractivity contribution in [1.82, 2.24) is 4.90 Å². The highest BCUT2D eigenvalue weighted by Gasteiger charge is 2.39. The summed E-state index contributed by atoms with van der Waals surface area (Å²) in [5.74, 6) is 0.776. The second-order valence-electron chi connectivity index (χ2n) is 7.88. The minimum Gasteiger partial charge on any atom is -0.389 e. The smallest absolute Gasteiger partial charge is 0.0718 e. The summed E-state index contributed by atoms with van der Waals surface area (Å²) < 4.78 is 0. The van der Waals surface area contributed by atoms with Crippen molar-refractivity contribution in [3.05, 3.63) is 0 Å². The van der Waals surface area contributed by atoms with Crippen LogP contribution < -0.4 is 0 Å². The first-order valence-corrected chi connectivity index (χ1v) is 7.93. The second kappa shape index (κ2) is 6.45. The van der Waals surface area contributed by atoms with Crippen LogP contribution in [0, 0.1) is 28.6 Å². The molecule has 0 bridgehead atoms. The van der Waals surface area contributed by atoms with Gasteiger partial charge < -0.3 is 5.11 Å². The van der Waals surface area contributed by atoms with Gasteiger partial charge in [0.1, 0.15) is 0 Å². The van der Waals surface area contributed by atoms with Gasteiger partial charge >= 0.3 is 0 Å². The summed E-state index contributed by atoms with van der Waals surface area (Å²) in [5.41, 5.74) is -0.365. The minimum atomic E-state index is -0.706. The van der Waals surface area contributed by atoms with Crippen LogP contribution in [0.4, 0.5) is 0 Å². The van der Waals surface area contributed by atoms with E-state index in [1.165, 1.54) is 6.42 Å². The number of nitrogens with zero attached hydrogens (tertiary/aromatic N) is 2. The van der Waals surface area contributed by atoms with Gasteiger partial charge in [-0.25, -0.2) is 0 Å². The summed E-state index contributed by atoms with van der Waals surface area (Å²) in [6.45, 7) is 11.2. The van der Waals surface area contributed by atoms with Crippen LogP contribution in [-0.2, 0) is 0 Å². The van der Waals surface area contributed by atoms with Crippen molar-refractivity contribution in [1.29, 1.82) is 5.26 Å². The maximum absolute atomic E-state index is 10.0. The quantitative estimate of drug-likeness (QED) is 0.839. The average molecular weight is 280 g/mol. The van der Waals surface area contributed by atoms with Crippen molar-refractivity contribution < 1.29 is 5.11 Å². The first kappa shape index (κ1) is 17.5. The van der Waals surface area contributed by atoms with Crippen LogP contribution >= 0.6 is 0 Å². The fraction of sp³-hybridized carbons (Fsp3) is 0.941. The average Bonchev–Trinajstić information content (AvgIpc) is 2.35. The Bertz CT molecular complexity index is 351. The molecule has 0 saturated heterocycles. The lowest BCUT2D eigenvalue weighted by molar-refractivity contribution is 0.00137. The standard InChI is InChI=1S/C17H32N2O/c1-7-16(2,3)14-9-8-13(11-18)15(10-14)19(6)12-17(4,5)20/h13-15,20H,7-10,12H2,1-6H3. The van der Waals surface area contributed by atoms with Crippen LogP contribution in [0.3, 0.4) is 0 Å². The molecule has 3 unspecified atom stereocenters. The van der Waals surface area contributed by atoms with Crippen molar-refractivity contribution in [3.63, 3.8) is 0 Å². The number of nitriles is 1. The van der Waals surface area contributed by atoms with E-state index in [0.717, 1.165) is 19.3 Å². The van der Waals surface area contributed by atoms with Gasteiger partial charge in [0.05, 0.1) is 17.6 Å². The van der Waals surface area contributed by atoms with Crippen molar-refractivity contribution in [2.75, 3.05) is 13.6 Å². The molecule has 116 valence electrons. The molecule has 0 aliphatic heterocycles. The van der Waals surface area contributed by atoms with Crippen molar-refractivity contribution in [3.8, 4) is 6.07 Å². The van der Waals surface area contributed by atoms with Gasteiger partial charge in [0.15, 0.2) is 0 Å². The lowest BCUT2D eigenvalue weighted by atomic mass is 9.66. The number of likely N-dealkylation sites (N-methyl/N-ethyl adjacent to an activating group) is 1. The minimum absolute atomic E-state index is 0.103. The lowest BCUT2D eigenvalue weighted by Crippen LogP contribution is -2.49. The molecule has 3 atom stereocenters. The molecule has 1 saturated carbocycles. The van der Waals surface area contributed by atoms with Gasteiger partial charge in [-0.15, -0.1) is 0 Å². The number of rotatable bonds is 5. The van der Waals surface area contributed by atoms with Crippen LogP contribution in [0.2, 0.25) is 0 Å². The van der Waals surface area contributed by atoms with E-state index in [2.05, 4.69) is 31.7 Å². The van der Waals surface area contributed by atoms with Crippen LogP contribution in [0.5, 0.6) is 0 Å². The van der Waals surface area contributed by atoms with Crippen molar-refractivity contribution in [2.24, 2.45) is 17.3 Å². The molecule has 0 aromatic rings. The number of aliphatic hydroxyl groups is 1. The van der Waals surface area contributed by atoms with Crippen molar-refractivity contribution >= 4 is 0 Å². The fourth-order valence-corrected chi connectivity index (χ4v) is 3.51. The molecule has 0 heterocycles. The molecular weight excluding hydrogens is 248 g/mol. The highest BCUT2D eigenvalue weighted by atomic mass is 16.3. The first-order chi connectivity index (χ1) is 9.10. The number of hydrogen-bond donors (Lipinski definition) is 1. The molecule has 0 amide bonds. The third-order valence-corrected chi connectivity index (χ3v) is 5.20. The lowest BCUT2D eigenvalue weighted by Gasteiger charge is -2.45. The van der Waals surface area contributed by atoms with Crippen LogP contribution in [0.15, 0.2) is 0 Å². The van der Waals surface area contributed by atoms with Crippen LogP contribution in [0.1, 0.15) is 60.3 Å². The maximum atomic E-state index is 10.0. The van der Waals surface area contributed by atoms with Gasteiger partial charge in [0.2, 0.25) is 0 Å². The summed E-state index contributed by atoms with van der Waals surface area (Å²) >= 11 is 0. The summed E-state index contributed by atoms with van der Waals surface area (Å²) in [6.07, 6.45) is 4.40. The fourth-order valence-electron chi connectivity index (χ4n) is 3.51. The molecule has 3 nitrogen and oxygen atoms in total. The third kappa shape index (κ3) is 4.46. The maximum Gasteiger partial charge on any atom is 0.0718 e. The van der Waals surface area contributed by atoms with Gasteiger partial charge in [0, 0.05) is 12.6 Å². The zero-order chi connectivity index (χ0) is 15.6. The summed E-state index contributed by atoms with van der Waals surface area (Å²) in [4.78, 5) is 2.20. The predicted octanol–water partition coefficient (Wildman–Crippen LogP) is 3.43. The Balaban J connectivity index is 2.81. The van der Waals surface area contributed by atoms with Gasteiger partial charge in [-0.3, -0.25) is 4.90 Å². The van der Waals surface area contributed by atoms with E-state index in [1.807, 2.05) is 20.9 Å². The van der Waals surface area contributed by atoms with Crippen LogP contribution in [-0.4, -0.2) is 35.2 Å². The predicted molar refractivity (Wildman–Crippen MR) is 83.2 cm³/mol. The zero-order valence-electron chi connectivity index (χ0n) is 14.1. The molecule has 0 spiro atoms. The van der Waals surface area contributed by atoms with Gasteiger partial charge in [-0.2, -0.15) is 5.26 Å². The van der Waals surface area contributed by atoms with Crippen molar-refractivity contribution in [2.45, 2.75) is 71.9 Å². The topological polar surface area (TPSA) is 47.3 Å². The molecule has 1 rings (SSSR count). The summed E-state index contributed by atoms with van der Waals surface area (Å²) in [7, 11) is 2.05. The molecule has 0 aromatic carbocycles. The van der Waals surface area contributed by atoms with E-state index in [4.69, 9.17) is 0 Å². The van der Waals surface area contributed by atoms with E-state index in [9.17, 15) is 10.4 Å². The van der Waals surface area contributed by atoms with E-state index in [1.54, 1.807) is 0 Å². The highest BCUT2D eigenvalue weighted by Crippen LogP contribution is 2.43. The second-order valence-corrected chi connectivity index (χ2v) is 7.88. The van der Waals surface area contributed by atoms with E-state index < -0.39 is 5.60 Å². The molecule has 0 aromatic heterocycles. The number of hydrogen-bond acceptors (Lipinski definition) is 3. The van der Waals surface area contributed by atoms with E-state index in [0.29, 0.717) is 17.9 Å². The summed E-state index contributed by atoms with van der Waals surface area (Å²) in [6, 6.07) is 2.76. The molecule has 1 fully saturated rings. The zero-order valence-corrected chi connectivity index (χ0v) is 14.1. The Hall–Kier alpha value is -0.590. The monoisotopic (exact) mass is 280 g/mol. The van der Waals surface area contributed by atoms with E-state index >= 15 is 0 Å². The van der Waals surface area contributed by atoms with E-state index in [-0.39, 0.29) is 12.0 Å². The van der Waals surface area contributed by atoms with Gasteiger partial charge in [0.25, 0.3) is 0 Å². The molecule has 1 aliphatic carbocycles. The highest BCUT2D eigenvalue weighted by molar-refractivity contribution is 4.99. The Morgan fingerprint density at radius 2 is 1.85 bits per heavy atom. The molecule has 3 heteroatoms. The normalized spacial score (nSPS) is 28.4. The van der Waals surface area contributed by atoms with Gasteiger partial charge in [-0.05, 0) is 51.5 Å². The molecule has 20 heavy (non-hydrogen) atoms. The molecular formula is C17H32N2O. The Kier molecular flexibility index (Phi) is 5.63. The first-order valence-electron chi connectivity index (χ1n) is 7.93. The van der Waals surface area contributed by atoms with Gasteiger partial charge in [-0.1, -0.05) is 27.2 Å². The Morgan fingerprint density at radius 1 is 1.25 bits per heavy atom. The van der Waals surface area contributed by atoms with Crippen LogP contribution in [0.25, 0.3) is 0 Å². The third-order valence-electron chi connectivity index (χ3n) is 5.20. The largest absolute Gasteiger partial charge is 0.389 e. The SMILES string of the molecule is CCC(C)(C)C1CCC(C#N)C(N(C)CC(C)(C)O)C1. The summed E-state index contributed by atoms with van der Waals surface area (Å²) in [5, 5.41) is 19.4. The molecule has 1 aliphatic rings. The molecule has 1 N–H and O–H groups in total. The molecule has 0 radical (unpaired) electrons. The Morgan fingerprint density at radius 3 is 2.30 bits per heavy atom.